The van der Waals surface area contributed by atoms with Gasteiger partial charge >= 0.3 is 0 Å². The highest BCUT2D eigenvalue weighted by Crippen LogP contribution is 2.41. The maximum atomic E-state index is 13.5. The van der Waals surface area contributed by atoms with Crippen LogP contribution in [0.2, 0.25) is 0 Å². The van der Waals surface area contributed by atoms with Crippen molar-refractivity contribution in [3.05, 3.63) is 100 Å². The highest BCUT2D eigenvalue weighted by atomic mass is 16.5. The van der Waals surface area contributed by atoms with Crippen LogP contribution in [0.25, 0.3) is 5.76 Å². The van der Waals surface area contributed by atoms with Gasteiger partial charge in [0, 0.05) is 12.1 Å². The molecule has 0 radical (unpaired) electrons. The van der Waals surface area contributed by atoms with E-state index in [2.05, 4.69) is 20.8 Å². The van der Waals surface area contributed by atoms with Crippen molar-refractivity contribution in [2.45, 2.75) is 72.6 Å². The van der Waals surface area contributed by atoms with Crippen molar-refractivity contribution in [2.75, 3.05) is 6.61 Å². The van der Waals surface area contributed by atoms with Crippen molar-refractivity contribution >= 4 is 17.4 Å². The summed E-state index contributed by atoms with van der Waals surface area (Å²) in [6.07, 6.45) is 0.00198. The standard InChI is InChI=1S/C34H39NO5/c1-8-39-27-16-9-23(10-17-27)20-35-30(24-11-14-26(15-12-24)34(5,6)7)29(32(37)33(35)38)31(36)25-13-18-28(22(4)19-25)40-21(2)3/h9-19,21,30,36H,8,20H2,1-7H3/b31-29-. The largest absolute Gasteiger partial charge is 0.507 e. The Balaban J connectivity index is 1.80. The molecule has 40 heavy (non-hydrogen) atoms. The quantitative estimate of drug-likeness (QED) is 0.187. The monoisotopic (exact) mass is 541 g/mol. The van der Waals surface area contributed by atoms with Gasteiger partial charge in [0.15, 0.2) is 0 Å². The Morgan fingerprint density at radius 3 is 2.17 bits per heavy atom. The second-order valence-corrected chi connectivity index (χ2v) is 11.5. The molecule has 3 aromatic carbocycles. The zero-order chi connectivity index (χ0) is 29.2. The Bertz CT molecular complexity index is 1410. The van der Waals surface area contributed by atoms with Crippen LogP contribution in [-0.2, 0) is 21.5 Å². The molecule has 3 aromatic rings. The number of carbonyl (C=O) groups is 2. The number of likely N-dealkylation sites (tertiary alicyclic amines) is 1. The topological polar surface area (TPSA) is 76.1 Å². The van der Waals surface area contributed by atoms with Gasteiger partial charge in [0.25, 0.3) is 11.7 Å². The number of ether oxygens (including phenoxy) is 2. The van der Waals surface area contributed by atoms with E-state index in [0.717, 1.165) is 28.0 Å². The van der Waals surface area contributed by atoms with Gasteiger partial charge in [-0.3, -0.25) is 9.59 Å². The Labute approximate surface area is 237 Å². The van der Waals surface area contributed by atoms with E-state index in [1.807, 2.05) is 76.2 Å². The average Bonchev–Trinajstić information content (AvgIpc) is 3.15. The molecule has 1 aliphatic rings. The molecule has 0 aliphatic carbocycles. The number of aliphatic hydroxyl groups is 1. The molecule has 0 saturated carbocycles. The zero-order valence-electron chi connectivity index (χ0n) is 24.4. The first-order chi connectivity index (χ1) is 18.9. The summed E-state index contributed by atoms with van der Waals surface area (Å²) in [5.74, 6) is -0.0957. The molecule has 1 saturated heterocycles. The van der Waals surface area contributed by atoms with Gasteiger partial charge in [-0.25, -0.2) is 0 Å². The molecule has 1 aliphatic heterocycles. The highest BCUT2D eigenvalue weighted by Gasteiger charge is 2.46. The van der Waals surface area contributed by atoms with Crippen LogP contribution in [0.4, 0.5) is 0 Å². The van der Waals surface area contributed by atoms with Crippen LogP contribution < -0.4 is 9.47 Å². The number of aryl methyl sites for hydroxylation is 1. The summed E-state index contributed by atoms with van der Waals surface area (Å²) in [5.41, 5.74) is 4.06. The minimum atomic E-state index is -0.743. The zero-order valence-corrected chi connectivity index (χ0v) is 24.4. The maximum absolute atomic E-state index is 13.5. The minimum absolute atomic E-state index is 0.00198. The predicted molar refractivity (Wildman–Crippen MR) is 158 cm³/mol. The van der Waals surface area contributed by atoms with E-state index in [-0.39, 0.29) is 29.4 Å². The lowest BCUT2D eigenvalue weighted by Gasteiger charge is -2.27. The Kier molecular flexibility index (Phi) is 8.38. The number of ketones is 1. The fourth-order valence-corrected chi connectivity index (χ4v) is 4.95. The minimum Gasteiger partial charge on any atom is -0.507 e. The van der Waals surface area contributed by atoms with Gasteiger partial charge < -0.3 is 19.5 Å². The third-order valence-electron chi connectivity index (χ3n) is 7.03. The van der Waals surface area contributed by atoms with Crippen LogP contribution in [0.3, 0.4) is 0 Å². The maximum Gasteiger partial charge on any atom is 0.295 e. The molecule has 1 fully saturated rings. The second-order valence-electron chi connectivity index (χ2n) is 11.5. The lowest BCUT2D eigenvalue weighted by Crippen LogP contribution is -2.29. The van der Waals surface area contributed by atoms with Gasteiger partial charge in [0.1, 0.15) is 17.3 Å². The van der Waals surface area contributed by atoms with Crippen molar-refractivity contribution in [3.63, 3.8) is 0 Å². The molecule has 0 spiro atoms. The fraction of sp³-hybridized carbons (Fsp3) is 0.353. The highest BCUT2D eigenvalue weighted by molar-refractivity contribution is 6.46. The average molecular weight is 542 g/mol. The molecule has 6 heteroatoms. The van der Waals surface area contributed by atoms with Crippen molar-refractivity contribution in [1.29, 1.82) is 0 Å². The lowest BCUT2D eigenvalue weighted by molar-refractivity contribution is -0.140. The number of benzene rings is 3. The first-order valence-corrected chi connectivity index (χ1v) is 13.8. The number of Topliss-reactive ketones (excluding diaryl/α,β-unsaturated/α-hetero) is 1. The van der Waals surface area contributed by atoms with Crippen LogP contribution in [-0.4, -0.2) is 34.4 Å². The number of rotatable bonds is 8. The molecule has 4 rings (SSSR count). The smallest absolute Gasteiger partial charge is 0.295 e. The van der Waals surface area contributed by atoms with Crippen LogP contribution >= 0.6 is 0 Å². The molecule has 1 amide bonds. The van der Waals surface area contributed by atoms with Gasteiger partial charge in [0.05, 0.1) is 24.3 Å². The number of amides is 1. The summed E-state index contributed by atoms with van der Waals surface area (Å²) in [6.45, 7) is 14.9. The molecule has 6 nitrogen and oxygen atoms in total. The van der Waals surface area contributed by atoms with Gasteiger partial charge in [-0.05, 0) is 85.7 Å². The van der Waals surface area contributed by atoms with Gasteiger partial charge in [-0.15, -0.1) is 0 Å². The molecular formula is C34H39NO5. The Morgan fingerprint density at radius 1 is 0.975 bits per heavy atom. The normalized spacial score (nSPS) is 17.0. The van der Waals surface area contributed by atoms with E-state index in [1.165, 1.54) is 0 Å². The van der Waals surface area contributed by atoms with Crippen LogP contribution in [0.5, 0.6) is 11.5 Å². The second kappa shape index (κ2) is 11.6. The number of nitrogens with zero attached hydrogens (tertiary/aromatic N) is 1. The van der Waals surface area contributed by atoms with E-state index in [4.69, 9.17) is 9.47 Å². The summed E-state index contributed by atoms with van der Waals surface area (Å²) in [6, 6.07) is 20.0. The first-order valence-electron chi connectivity index (χ1n) is 13.8. The molecule has 0 bridgehead atoms. The first kappa shape index (κ1) is 28.9. The van der Waals surface area contributed by atoms with Crippen molar-refractivity contribution in [3.8, 4) is 11.5 Å². The third-order valence-corrected chi connectivity index (χ3v) is 7.03. The van der Waals surface area contributed by atoms with Crippen LogP contribution in [0, 0.1) is 6.92 Å². The summed E-state index contributed by atoms with van der Waals surface area (Å²) in [7, 11) is 0. The molecule has 1 atom stereocenters. The van der Waals surface area contributed by atoms with E-state index in [9.17, 15) is 14.7 Å². The van der Waals surface area contributed by atoms with Crippen molar-refractivity contribution in [1.82, 2.24) is 4.90 Å². The molecule has 1 heterocycles. The summed E-state index contributed by atoms with van der Waals surface area (Å²) in [5, 5.41) is 11.5. The van der Waals surface area contributed by atoms with E-state index >= 15 is 0 Å². The lowest BCUT2D eigenvalue weighted by atomic mass is 9.85. The van der Waals surface area contributed by atoms with E-state index in [0.29, 0.717) is 17.9 Å². The number of carbonyl (C=O) groups excluding carboxylic acids is 2. The number of aliphatic hydroxyl groups excluding tert-OH is 1. The van der Waals surface area contributed by atoms with E-state index in [1.54, 1.807) is 23.1 Å². The van der Waals surface area contributed by atoms with Crippen molar-refractivity contribution in [2.24, 2.45) is 0 Å². The van der Waals surface area contributed by atoms with Gasteiger partial charge in [-0.2, -0.15) is 0 Å². The van der Waals surface area contributed by atoms with Crippen LogP contribution in [0.15, 0.2) is 72.3 Å². The third kappa shape index (κ3) is 6.06. The number of hydrogen-bond donors (Lipinski definition) is 1. The van der Waals surface area contributed by atoms with Gasteiger partial charge in [0.2, 0.25) is 0 Å². The fourth-order valence-electron chi connectivity index (χ4n) is 4.95. The SMILES string of the molecule is CCOc1ccc(CN2C(=O)C(=O)/C(=C(\O)c3ccc(OC(C)C)c(C)c3)C2c2ccc(C(C)(C)C)cc2)cc1. The molecular weight excluding hydrogens is 502 g/mol. The summed E-state index contributed by atoms with van der Waals surface area (Å²) < 4.78 is 11.4. The van der Waals surface area contributed by atoms with Crippen molar-refractivity contribution < 1.29 is 24.2 Å². The molecule has 0 aromatic heterocycles. The molecule has 210 valence electrons. The summed E-state index contributed by atoms with van der Waals surface area (Å²) >= 11 is 0. The predicted octanol–water partition coefficient (Wildman–Crippen LogP) is 7.10. The molecule has 1 unspecified atom stereocenters. The van der Waals surface area contributed by atoms with E-state index < -0.39 is 17.7 Å². The Morgan fingerprint density at radius 2 is 1.62 bits per heavy atom. The van der Waals surface area contributed by atoms with Crippen LogP contribution in [0.1, 0.15) is 75.4 Å². The number of hydrogen-bond acceptors (Lipinski definition) is 5. The summed E-state index contributed by atoms with van der Waals surface area (Å²) in [4.78, 5) is 28.5. The van der Waals surface area contributed by atoms with Gasteiger partial charge in [-0.1, -0.05) is 57.2 Å². The molecule has 1 N–H and O–H groups in total. The Hall–Kier alpha value is -4.06.